The number of hydrogen-bond donors (Lipinski definition) is 3. The SMILES string of the molecule is CNc1cc(N2CCc3c(-c4ncc(CC5CC6(CCN(C(=O)c7cc(C)c(Cl)c(N8CCC(=O)NC8=O)c7)CC6)C5)cc4F)cccc32)nn2c(C(=O)NC3CC[C@H]3OC)cnc12. The Hall–Kier alpha value is -6.13. The third kappa shape index (κ3) is 7.39. The Balaban J connectivity index is 0.784. The van der Waals surface area contributed by atoms with E-state index in [9.17, 15) is 19.2 Å². The summed E-state index contributed by atoms with van der Waals surface area (Å²) in [5, 5.41) is 13.9. The first kappa shape index (κ1) is 41.9. The number of likely N-dealkylation sites (tertiary alicyclic amines) is 1. The van der Waals surface area contributed by atoms with Crippen molar-refractivity contribution in [1.82, 2.24) is 35.1 Å². The summed E-state index contributed by atoms with van der Waals surface area (Å²) >= 11 is 6.59. The van der Waals surface area contributed by atoms with Crippen LogP contribution in [0.2, 0.25) is 5.02 Å². The van der Waals surface area contributed by atoms with Gasteiger partial charge in [-0.15, -0.1) is 5.10 Å². The van der Waals surface area contributed by atoms with Crippen molar-refractivity contribution in [2.45, 2.75) is 76.9 Å². The van der Waals surface area contributed by atoms with E-state index in [2.05, 4.69) is 25.8 Å². The molecule has 2 aliphatic carbocycles. The van der Waals surface area contributed by atoms with Gasteiger partial charge in [0.1, 0.15) is 11.5 Å². The van der Waals surface area contributed by atoms with Crippen molar-refractivity contribution < 1.29 is 28.3 Å². The van der Waals surface area contributed by atoms with Crippen LogP contribution in [0.3, 0.4) is 0 Å². The van der Waals surface area contributed by atoms with Crippen LogP contribution in [0.15, 0.2) is 54.9 Å². The molecule has 10 rings (SSSR count). The average molecular weight is 889 g/mol. The fourth-order valence-corrected chi connectivity index (χ4v) is 10.8. The maximum Gasteiger partial charge on any atom is 0.328 e. The monoisotopic (exact) mass is 888 g/mol. The minimum absolute atomic E-state index is 0.00418. The zero-order valence-electron chi connectivity index (χ0n) is 36.0. The number of aromatic nitrogens is 4. The van der Waals surface area contributed by atoms with Crippen molar-refractivity contribution >= 4 is 63.9 Å². The Morgan fingerprint density at radius 2 is 1.78 bits per heavy atom. The normalized spacial score (nSPS) is 20.5. The van der Waals surface area contributed by atoms with Crippen LogP contribution in [0.4, 0.5) is 32.1 Å². The third-order valence-corrected chi connectivity index (χ3v) is 14.6. The van der Waals surface area contributed by atoms with E-state index in [0.717, 1.165) is 73.0 Å². The van der Waals surface area contributed by atoms with Crippen LogP contribution in [0.25, 0.3) is 16.9 Å². The standard InChI is InChI=1S/C47H50ClFN10O5/c1-26-17-29(20-36(41(26)48)58-14-10-40(60)54-46(58)63)45(62)56-15-11-47(12-16-56)22-28(23-47)18-27-19-32(49)42(51-24-27)31-5-4-6-35-30(31)9-13-57(35)39-21-34(50-2)43-52-25-37(59(43)55-39)44(61)53-33-7-8-38(33)64-3/h4-6,17,19-21,24-25,28,33,38,50H,7-16,18,22-23H2,1-3H3,(H,53,61)(H,54,60,63)/t33?,38-/m1/s1. The highest BCUT2D eigenvalue weighted by atomic mass is 35.5. The molecule has 0 radical (unpaired) electrons. The third-order valence-electron chi connectivity index (χ3n) is 14.2. The number of imide groups is 1. The predicted molar refractivity (Wildman–Crippen MR) is 240 cm³/mol. The summed E-state index contributed by atoms with van der Waals surface area (Å²) in [5.74, 6) is -0.0172. The maximum atomic E-state index is 16.1. The van der Waals surface area contributed by atoms with Crippen LogP contribution in [0.5, 0.6) is 0 Å². The predicted octanol–water partition coefficient (Wildman–Crippen LogP) is 6.86. The summed E-state index contributed by atoms with van der Waals surface area (Å²) in [6, 6.07) is 12.2. The number of amides is 5. The van der Waals surface area contributed by atoms with Gasteiger partial charge in [0.15, 0.2) is 17.2 Å². The van der Waals surface area contributed by atoms with Crippen molar-refractivity contribution in [1.29, 1.82) is 0 Å². The number of nitrogens with one attached hydrogen (secondary N) is 3. The van der Waals surface area contributed by atoms with E-state index in [1.807, 2.05) is 49.3 Å². The lowest BCUT2D eigenvalue weighted by molar-refractivity contribution is -0.120. The van der Waals surface area contributed by atoms with Crippen LogP contribution < -0.4 is 25.8 Å². The zero-order chi connectivity index (χ0) is 44.4. The number of aryl methyl sites for hydroxylation is 1. The molecule has 1 unspecified atom stereocenters. The summed E-state index contributed by atoms with van der Waals surface area (Å²) in [4.78, 5) is 66.1. The van der Waals surface area contributed by atoms with Gasteiger partial charge < -0.3 is 25.2 Å². The second-order valence-corrected chi connectivity index (χ2v) is 18.4. The second-order valence-electron chi connectivity index (χ2n) is 18.0. The van der Waals surface area contributed by atoms with Crippen LogP contribution in [0.1, 0.15) is 82.5 Å². The zero-order valence-corrected chi connectivity index (χ0v) is 36.8. The molecule has 5 aliphatic rings. The number of imidazole rings is 1. The molecule has 15 nitrogen and oxygen atoms in total. The van der Waals surface area contributed by atoms with Crippen molar-refractivity contribution in [2.75, 3.05) is 55.5 Å². The first-order valence-electron chi connectivity index (χ1n) is 22.1. The molecule has 2 aromatic carbocycles. The number of hydrogen-bond acceptors (Lipinski definition) is 10. The van der Waals surface area contributed by atoms with E-state index in [4.69, 9.17) is 26.4 Å². The Kier molecular flexibility index (Phi) is 10.8. The lowest BCUT2D eigenvalue weighted by Gasteiger charge is -2.52. The van der Waals surface area contributed by atoms with Gasteiger partial charge in [-0.3, -0.25) is 29.6 Å². The van der Waals surface area contributed by atoms with Crippen molar-refractivity contribution in [3.8, 4) is 11.3 Å². The number of nitrogens with zero attached hydrogens (tertiary/aromatic N) is 7. The highest BCUT2D eigenvalue weighted by Crippen LogP contribution is 2.54. The number of urea groups is 1. The van der Waals surface area contributed by atoms with Gasteiger partial charge in [-0.05, 0) is 111 Å². The van der Waals surface area contributed by atoms with Gasteiger partial charge in [0.05, 0.1) is 34.7 Å². The van der Waals surface area contributed by atoms with E-state index in [0.29, 0.717) is 76.7 Å². The molecule has 3 N–H and O–H groups in total. The van der Waals surface area contributed by atoms with Crippen LogP contribution in [0, 0.1) is 24.1 Å². The number of pyridine rings is 1. The molecule has 3 aliphatic heterocycles. The van der Waals surface area contributed by atoms with Crippen molar-refractivity contribution in [2.24, 2.45) is 11.3 Å². The number of carbonyl (C=O) groups excluding carboxylic acids is 4. The van der Waals surface area contributed by atoms with Crippen LogP contribution in [-0.4, -0.2) is 101 Å². The molecular weight excluding hydrogens is 839 g/mol. The lowest BCUT2D eigenvalue weighted by Crippen LogP contribution is -2.51. The van der Waals surface area contributed by atoms with Gasteiger partial charge in [-0.1, -0.05) is 23.7 Å². The average Bonchev–Trinajstić information content (AvgIpc) is 3.91. The number of piperidine rings is 1. The largest absolute Gasteiger partial charge is 0.385 e. The molecular formula is C47H50ClFN10O5. The van der Waals surface area contributed by atoms with Crippen molar-refractivity contribution in [3.63, 3.8) is 0 Å². The Morgan fingerprint density at radius 1 is 0.984 bits per heavy atom. The highest BCUT2D eigenvalue weighted by Gasteiger charge is 2.46. The number of rotatable bonds is 10. The lowest BCUT2D eigenvalue weighted by atomic mass is 9.56. The Labute approximate surface area is 374 Å². The number of benzene rings is 2. The summed E-state index contributed by atoms with van der Waals surface area (Å²) in [5.41, 5.74) is 7.16. The number of halogens is 2. The van der Waals surface area contributed by atoms with Gasteiger partial charge in [0, 0.05) is 75.8 Å². The summed E-state index contributed by atoms with van der Waals surface area (Å²) in [6.07, 6.45) is 10.5. The molecule has 64 heavy (non-hydrogen) atoms. The topological polar surface area (TPSA) is 166 Å². The molecule has 332 valence electrons. The molecule has 17 heteroatoms. The number of fused-ring (bicyclic) bond motifs is 2. The Bertz CT molecular complexity index is 2730. The smallest absolute Gasteiger partial charge is 0.328 e. The van der Waals surface area contributed by atoms with Gasteiger partial charge in [-0.25, -0.2) is 18.7 Å². The molecule has 5 amide bonds. The molecule has 0 bridgehead atoms. The fourth-order valence-electron chi connectivity index (χ4n) is 10.5. The summed E-state index contributed by atoms with van der Waals surface area (Å²) in [7, 11) is 3.46. The second kappa shape index (κ2) is 16.5. The van der Waals surface area contributed by atoms with Gasteiger partial charge in [-0.2, -0.15) is 0 Å². The highest BCUT2D eigenvalue weighted by molar-refractivity contribution is 6.35. The fraction of sp³-hybridized carbons (Fsp3) is 0.426. The van der Waals surface area contributed by atoms with Gasteiger partial charge in [0.2, 0.25) is 5.91 Å². The van der Waals surface area contributed by atoms with Crippen LogP contribution >= 0.6 is 11.6 Å². The molecule has 2 saturated heterocycles. The first-order valence-corrected chi connectivity index (χ1v) is 22.5. The van der Waals surface area contributed by atoms with Gasteiger partial charge in [0.25, 0.3) is 11.8 Å². The molecule has 3 aromatic heterocycles. The molecule has 2 atom stereocenters. The number of carbonyl (C=O) groups is 4. The first-order chi connectivity index (χ1) is 30.9. The van der Waals surface area contributed by atoms with E-state index in [-0.39, 0.29) is 54.1 Å². The summed E-state index contributed by atoms with van der Waals surface area (Å²) < 4.78 is 23.2. The molecule has 4 fully saturated rings. The molecule has 1 spiro atoms. The quantitative estimate of drug-likeness (QED) is 0.135. The summed E-state index contributed by atoms with van der Waals surface area (Å²) in [6.45, 7) is 3.87. The van der Waals surface area contributed by atoms with E-state index < -0.39 is 6.03 Å². The number of ether oxygens (including phenoxy) is 1. The number of anilines is 4. The molecule has 6 heterocycles. The maximum absolute atomic E-state index is 16.1. The van der Waals surface area contributed by atoms with Crippen LogP contribution in [-0.2, 0) is 22.4 Å². The minimum atomic E-state index is -0.546. The number of methoxy groups -OCH3 is 1. The van der Waals surface area contributed by atoms with E-state index in [1.54, 1.807) is 36.0 Å². The van der Waals surface area contributed by atoms with Gasteiger partial charge >= 0.3 is 6.03 Å². The Morgan fingerprint density at radius 3 is 2.50 bits per heavy atom. The van der Waals surface area contributed by atoms with Crippen molar-refractivity contribution in [3.05, 3.63) is 93.6 Å². The minimum Gasteiger partial charge on any atom is -0.385 e. The molecule has 2 saturated carbocycles. The molecule has 5 aromatic rings. The van der Waals surface area contributed by atoms with E-state index in [1.165, 1.54) is 4.90 Å². The van der Waals surface area contributed by atoms with E-state index >= 15 is 4.39 Å².